The molecule has 1 aromatic carbocycles. The molecular formula is C17H14N2O4. The van der Waals surface area contributed by atoms with E-state index < -0.39 is 18.1 Å². The summed E-state index contributed by atoms with van der Waals surface area (Å²) in [7, 11) is 0. The molecule has 23 heavy (non-hydrogen) atoms. The van der Waals surface area contributed by atoms with Gasteiger partial charge in [0.25, 0.3) is 0 Å². The fraction of sp³-hybridized carbons (Fsp3) is 0.353. The first-order valence-corrected chi connectivity index (χ1v) is 7.69. The van der Waals surface area contributed by atoms with Gasteiger partial charge in [-0.05, 0) is 12.1 Å². The van der Waals surface area contributed by atoms with Crippen molar-refractivity contribution >= 4 is 22.8 Å². The molecule has 4 heterocycles. The molecule has 5 rings (SSSR count). The Hall–Kier alpha value is -2.47. The smallest absolute Gasteiger partial charge is 0.312 e. The minimum Gasteiger partial charge on any atom is -0.465 e. The Bertz CT molecular complexity index is 850. The second-order valence-electron chi connectivity index (χ2n) is 6.21. The highest BCUT2D eigenvalue weighted by Gasteiger charge is 2.50. The molecule has 0 aliphatic carbocycles. The summed E-state index contributed by atoms with van der Waals surface area (Å²) < 4.78 is 11.0. The van der Waals surface area contributed by atoms with Crippen molar-refractivity contribution in [2.24, 2.45) is 11.8 Å². The van der Waals surface area contributed by atoms with Crippen LogP contribution in [0.25, 0.3) is 10.9 Å². The predicted octanol–water partition coefficient (Wildman–Crippen LogP) is 1.40. The number of nitrogens with zero attached hydrogens (tertiary/aromatic N) is 2. The van der Waals surface area contributed by atoms with Crippen molar-refractivity contribution in [3.63, 3.8) is 0 Å². The molecule has 0 saturated carbocycles. The molecule has 2 fully saturated rings. The van der Waals surface area contributed by atoms with Crippen molar-refractivity contribution in [2.45, 2.75) is 12.8 Å². The number of ether oxygens (including phenoxy) is 2. The molecule has 1 aromatic heterocycles. The Labute approximate surface area is 132 Å². The van der Waals surface area contributed by atoms with Crippen molar-refractivity contribution < 1.29 is 19.1 Å². The average Bonchev–Trinajstić information content (AvgIpc) is 3.06. The lowest BCUT2D eigenvalue weighted by molar-refractivity contribution is -0.147. The number of esters is 1. The fourth-order valence-corrected chi connectivity index (χ4v) is 3.69. The third-order valence-electron chi connectivity index (χ3n) is 4.93. The number of hydrogen-bond acceptors (Lipinski definition) is 5. The zero-order valence-electron chi connectivity index (χ0n) is 12.3. The highest BCUT2D eigenvalue weighted by molar-refractivity contribution is 5.89. The van der Waals surface area contributed by atoms with Gasteiger partial charge >= 0.3 is 5.97 Å². The Kier molecular flexibility index (Phi) is 2.56. The normalized spacial score (nSPS) is 29.0. The molecule has 2 saturated heterocycles. The molecule has 6 heteroatoms. The number of hydrogen-bond donors (Lipinski definition) is 0. The van der Waals surface area contributed by atoms with Crippen LogP contribution < -0.4 is 0 Å². The Morgan fingerprint density at radius 2 is 2.00 bits per heavy atom. The maximum absolute atomic E-state index is 12.8. The minimum absolute atomic E-state index is 0.0783. The second-order valence-corrected chi connectivity index (χ2v) is 6.21. The zero-order chi connectivity index (χ0) is 15.6. The van der Waals surface area contributed by atoms with Crippen LogP contribution in [0.1, 0.15) is 17.5 Å². The number of para-hydroxylation sites is 1. The molecule has 0 bridgehead atoms. The van der Waals surface area contributed by atoms with E-state index in [1.807, 2.05) is 30.3 Å². The lowest BCUT2D eigenvalue weighted by atomic mass is 9.95. The van der Waals surface area contributed by atoms with Crippen LogP contribution in [0.3, 0.4) is 0 Å². The van der Waals surface area contributed by atoms with Gasteiger partial charge in [-0.1, -0.05) is 18.2 Å². The molecule has 1 amide bonds. The molecule has 0 N–H and O–H groups in total. The van der Waals surface area contributed by atoms with E-state index in [0.29, 0.717) is 6.54 Å². The Balaban J connectivity index is 1.59. The Morgan fingerprint density at radius 3 is 2.91 bits per heavy atom. The van der Waals surface area contributed by atoms with Crippen LogP contribution in [0.2, 0.25) is 0 Å². The van der Waals surface area contributed by atoms with Crippen LogP contribution in [0.15, 0.2) is 30.3 Å². The number of cyclic esters (lactones) is 1. The highest BCUT2D eigenvalue weighted by Crippen LogP contribution is 2.41. The first kappa shape index (κ1) is 13.0. The number of fused-ring (bicyclic) bond motifs is 5. The Morgan fingerprint density at radius 1 is 1.13 bits per heavy atom. The van der Waals surface area contributed by atoms with Gasteiger partial charge in [-0.25, -0.2) is 0 Å². The van der Waals surface area contributed by atoms with Gasteiger partial charge in [-0.3, -0.25) is 14.6 Å². The summed E-state index contributed by atoms with van der Waals surface area (Å²) in [6, 6.07) is 9.90. The van der Waals surface area contributed by atoms with Crippen molar-refractivity contribution in [1.82, 2.24) is 9.88 Å². The van der Waals surface area contributed by atoms with Gasteiger partial charge in [0.2, 0.25) is 5.91 Å². The largest absolute Gasteiger partial charge is 0.465 e. The van der Waals surface area contributed by atoms with Crippen molar-refractivity contribution in [3.8, 4) is 0 Å². The molecule has 3 aliphatic rings. The molecule has 3 atom stereocenters. The topological polar surface area (TPSA) is 68.7 Å². The van der Waals surface area contributed by atoms with Gasteiger partial charge < -0.3 is 14.4 Å². The number of benzene rings is 1. The number of pyridine rings is 1. The zero-order valence-corrected chi connectivity index (χ0v) is 12.3. The molecule has 3 aliphatic heterocycles. The number of amides is 1. The summed E-state index contributed by atoms with van der Waals surface area (Å²) in [5, 5.41) is 1.02. The number of aromatic nitrogens is 1. The van der Waals surface area contributed by atoms with E-state index in [9.17, 15) is 9.59 Å². The second kappa shape index (κ2) is 4.52. The maximum Gasteiger partial charge on any atom is 0.312 e. The van der Waals surface area contributed by atoms with E-state index in [4.69, 9.17) is 9.47 Å². The van der Waals surface area contributed by atoms with E-state index >= 15 is 0 Å². The van der Waals surface area contributed by atoms with E-state index in [2.05, 4.69) is 4.98 Å². The summed E-state index contributed by atoms with van der Waals surface area (Å²) in [6.07, 6.45) is -0.451. The first-order chi connectivity index (χ1) is 11.2. The van der Waals surface area contributed by atoms with Gasteiger partial charge in [0.1, 0.15) is 6.61 Å². The lowest BCUT2D eigenvalue weighted by Gasteiger charge is -2.23. The van der Waals surface area contributed by atoms with Crippen LogP contribution in [0.4, 0.5) is 0 Å². The van der Waals surface area contributed by atoms with Crippen molar-refractivity contribution in [2.75, 3.05) is 13.2 Å². The quantitative estimate of drug-likeness (QED) is 0.688. The number of carbonyl (C=O) groups excluding carboxylic acids is 2. The van der Waals surface area contributed by atoms with Gasteiger partial charge in [0.15, 0.2) is 6.23 Å². The summed E-state index contributed by atoms with van der Waals surface area (Å²) in [4.78, 5) is 30.9. The third-order valence-corrected chi connectivity index (χ3v) is 4.93. The van der Waals surface area contributed by atoms with Crippen molar-refractivity contribution in [3.05, 3.63) is 41.6 Å². The average molecular weight is 310 g/mol. The van der Waals surface area contributed by atoms with Crippen LogP contribution in [0, 0.1) is 11.8 Å². The highest BCUT2D eigenvalue weighted by atomic mass is 16.6. The van der Waals surface area contributed by atoms with Gasteiger partial charge in [0, 0.05) is 10.9 Å². The SMILES string of the molecule is O=C1OC[C@@H]2C(=O)N3Cc4nc5ccccc5cc4[C@@H]3OC[C@@H]12. The van der Waals surface area contributed by atoms with E-state index in [1.165, 1.54) is 0 Å². The molecule has 116 valence electrons. The van der Waals surface area contributed by atoms with E-state index in [0.717, 1.165) is 22.2 Å². The molecular weight excluding hydrogens is 296 g/mol. The third kappa shape index (κ3) is 1.75. The standard InChI is InChI=1S/C17H14N2O4/c20-15-11-7-23-17(21)12(11)8-22-16-10-5-9-3-1-2-4-13(9)18-14(10)6-19(15)16/h1-5,11-12,16H,6-8H2/t11-,12+,16-/m0/s1. The summed E-state index contributed by atoms with van der Waals surface area (Å²) in [5.74, 6) is -1.33. The predicted molar refractivity (Wildman–Crippen MR) is 78.9 cm³/mol. The summed E-state index contributed by atoms with van der Waals surface area (Å²) >= 11 is 0. The molecule has 2 aromatic rings. The molecule has 0 unspecified atom stereocenters. The van der Waals surface area contributed by atoms with Crippen LogP contribution in [-0.4, -0.2) is 35.0 Å². The maximum atomic E-state index is 12.8. The van der Waals surface area contributed by atoms with Crippen LogP contribution in [0.5, 0.6) is 0 Å². The first-order valence-electron chi connectivity index (χ1n) is 7.69. The van der Waals surface area contributed by atoms with Gasteiger partial charge in [0.05, 0.1) is 36.2 Å². The molecule has 0 radical (unpaired) electrons. The van der Waals surface area contributed by atoms with Crippen LogP contribution >= 0.6 is 0 Å². The number of carbonyl (C=O) groups is 2. The minimum atomic E-state index is -0.482. The molecule has 6 nitrogen and oxygen atoms in total. The molecule has 0 spiro atoms. The lowest BCUT2D eigenvalue weighted by Crippen LogP contribution is -2.35. The summed E-state index contributed by atoms with van der Waals surface area (Å²) in [6.45, 7) is 0.782. The number of rotatable bonds is 0. The van der Waals surface area contributed by atoms with E-state index in [-0.39, 0.29) is 25.1 Å². The van der Waals surface area contributed by atoms with E-state index in [1.54, 1.807) is 4.90 Å². The fourth-order valence-electron chi connectivity index (χ4n) is 3.69. The summed E-state index contributed by atoms with van der Waals surface area (Å²) in [5.41, 5.74) is 2.70. The van der Waals surface area contributed by atoms with Crippen molar-refractivity contribution in [1.29, 1.82) is 0 Å². The van der Waals surface area contributed by atoms with Gasteiger partial charge in [-0.15, -0.1) is 0 Å². The monoisotopic (exact) mass is 310 g/mol. The van der Waals surface area contributed by atoms with Crippen LogP contribution in [-0.2, 0) is 25.6 Å². The van der Waals surface area contributed by atoms with Gasteiger partial charge in [-0.2, -0.15) is 0 Å².